The fraction of sp³-hybridized carbons (Fsp3) is 0.100. The Morgan fingerprint density at radius 3 is 2.88 bits per heavy atom. The topological polar surface area (TPSA) is 85.1 Å². The van der Waals surface area contributed by atoms with Gasteiger partial charge in [-0.1, -0.05) is 0 Å². The van der Waals surface area contributed by atoms with Gasteiger partial charge in [0.15, 0.2) is 5.76 Å². The Hall–Kier alpha value is -1.89. The van der Waals surface area contributed by atoms with E-state index in [0.717, 1.165) is 4.57 Å². The van der Waals surface area contributed by atoms with Crippen molar-refractivity contribution in [1.82, 2.24) is 9.55 Å². The molecule has 6 nitrogen and oxygen atoms in total. The van der Waals surface area contributed by atoms with Crippen LogP contribution in [0.15, 0.2) is 43.1 Å². The molecule has 0 unspecified atom stereocenters. The van der Waals surface area contributed by atoms with Crippen molar-refractivity contribution in [3.8, 4) is 0 Å². The predicted octanol–water partition coefficient (Wildman–Crippen LogP) is 0.775. The van der Waals surface area contributed by atoms with Crippen LogP contribution in [0.2, 0.25) is 0 Å². The van der Waals surface area contributed by atoms with Gasteiger partial charge in [0.25, 0.3) is 5.56 Å². The van der Waals surface area contributed by atoms with Crippen LogP contribution in [0.3, 0.4) is 0 Å². The number of carbonyl (C=O) groups excluding carboxylic acids is 1. The van der Waals surface area contributed by atoms with Crippen molar-refractivity contribution in [3.63, 3.8) is 0 Å². The third-order valence-corrected chi connectivity index (χ3v) is 2.64. The summed E-state index contributed by atoms with van der Waals surface area (Å²) in [5.41, 5.74) is -1.17. The number of H-pyrrole nitrogens is 1. The maximum atomic E-state index is 11.7. The van der Waals surface area contributed by atoms with Crippen LogP contribution >= 0.6 is 15.9 Å². The van der Waals surface area contributed by atoms with Gasteiger partial charge in [-0.05, 0) is 28.1 Å². The molecular weight excluding hydrogens is 292 g/mol. The Kier molecular flexibility index (Phi) is 3.10. The number of Topliss-reactive ketones (excluding diaryl/α,β-unsaturated/α-hetero) is 1. The zero-order chi connectivity index (χ0) is 12.4. The Labute approximate surface area is 103 Å². The summed E-state index contributed by atoms with van der Waals surface area (Å²) < 4.78 is 6.19. The first-order valence-electron chi connectivity index (χ1n) is 4.64. The molecule has 2 rings (SSSR count). The lowest BCUT2D eigenvalue weighted by Crippen LogP contribution is -2.31. The number of nitrogens with zero attached hydrogens (tertiary/aromatic N) is 1. The zero-order valence-corrected chi connectivity index (χ0v) is 10.1. The molecule has 0 aromatic carbocycles. The highest BCUT2D eigenvalue weighted by Gasteiger charge is 2.11. The van der Waals surface area contributed by atoms with Crippen LogP contribution < -0.4 is 11.2 Å². The van der Waals surface area contributed by atoms with Crippen molar-refractivity contribution in [3.05, 3.63) is 55.7 Å². The number of halogens is 1. The fourth-order valence-electron chi connectivity index (χ4n) is 1.27. The summed E-state index contributed by atoms with van der Waals surface area (Å²) >= 11 is 2.98. The highest BCUT2D eigenvalue weighted by atomic mass is 79.9. The van der Waals surface area contributed by atoms with Gasteiger partial charge in [0.05, 0.1) is 17.3 Å². The van der Waals surface area contributed by atoms with E-state index in [-0.39, 0.29) is 22.6 Å². The second-order valence-corrected chi connectivity index (χ2v) is 4.12. The van der Waals surface area contributed by atoms with E-state index in [9.17, 15) is 14.4 Å². The van der Waals surface area contributed by atoms with Gasteiger partial charge in [-0.15, -0.1) is 0 Å². The van der Waals surface area contributed by atoms with E-state index >= 15 is 0 Å². The van der Waals surface area contributed by atoms with Gasteiger partial charge in [-0.25, -0.2) is 4.79 Å². The van der Waals surface area contributed by atoms with E-state index in [0.29, 0.717) is 0 Å². The predicted molar refractivity (Wildman–Crippen MR) is 62.1 cm³/mol. The highest BCUT2D eigenvalue weighted by Crippen LogP contribution is 2.03. The van der Waals surface area contributed by atoms with Crippen molar-refractivity contribution >= 4 is 21.7 Å². The average Bonchev–Trinajstić information content (AvgIpc) is 2.79. The van der Waals surface area contributed by atoms with Gasteiger partial charge in [0, 0.05) is 6.20 Å². The van der Waals surface area contributed by atoms with E-state index in [1.165, 1.54) is 18.5 Å². The maximum absolute atomic E-state index is 11.7. The summed E-state index contributed by atoms with van der Waals surface area (Å²) in [5.74, 6) is -0.185. The van der Waals surface area contributed by atoms with Gasteiger partial charge in [0.1, 0.15) is 0 Å². The number of aromatic amines is 1. The standard InChI is InChI=1S/C10H7BrN2O4/c11-6-4-13(10(16)12-9(6)15)5-7(14)8-2-1-3-17-8/h1-4H,5H2,(H,12,15,16). The largest absolute Gasteiger partial charge is 0.461 e. The van der Waals surface area contributed by atoms with E-state index in [2.05, 4.69) is 20.9 Å². The van der Waals surface area contributed by atoms with E-state index in [1.807, 2.05) is 0 Å². The summed E-state index contributed by atoms with van der Waals surface area (Å²) in [6.07, 6.45) is 2.64. The molecule has 0 saturated heterocycles. The number of ketones is 1. The lowest BCUT2D eigenvalue weighted by molar-refractivity contribution is 0.0943. The van der Waals surface area contributed by atoms with Crippen molar-refractivity contribution < 1.29 is 9.21 Å². The molecule has 17 heavy (non-hydrogen) atoms. The number of carbonyl (C=O) groups is 1. The number of nitrogens with one attached hydrogen (secondary N) is 1. The Bertz CT molecular complexity index is 654. The Morgan fingerprint density at radius 2 is 2.24 bits per heavy atom. The molecule has 0 fully saturated rings. The third kappa shape index (κ3) is 2.44. The molecule has 7 heteroatoms. The molecule has 1 N–H and O–H groups in total. The smallest absolute Gasteiger partial charge is 0.328 e. The number of aromatic nitrogens is 2. The van der Waals surface area contributed by atoms with Crippen molar-refractivity contribution in [2.45, 2.75) is 6.54 Å². The second-order valence-electron chi connectivity index (χ2n) is 3.26. The monoisotopic (exact) mass is 298 g/mol. The first-order chi connectivity index (χ1) is 8.08. The molecular formula is C10H7BrN2O4. The number of rotatable bonds is 3. The molecule has 2 aromatic rings. The normalized spacial score (nSPS) is 10.4. The van der Waals surface area contributed by atoms with Gasteiger partial charge in [-0.3, -0.25) is 19.1 Å². The molecule has 2 heterocycles. The van der Waals surface area contributed by atoms with Gasteiger partial charge in [0.2, 0.25) is 5.78 Å². The summed E-state index contributed by atoms with van der Waals surface area (Å²) in [7, 11) is 0. The lowest BCUT2D eigenvalue weighted by atomic mass is 10.3. The molecule has 0 radical (unpaired) electrons. The van der Waals surface area contributed by atoms with E-state index in [1.54, 1.807) is 6.07 Å². The van der Waals surface area contributed by atoms with Crippen LogP contribution in [0.1, 0.15) is 10.6 Å². The molecule has 0 aliphatic heterocycles. The van der Waals surface area contributed by atoms with E-state index < -0.39 is 11.2 Å². The summed E-state index contributed by atoms with van der Waals surface area (Å²) in [6.45, 7) is -0.193. The lowest BCUT2D eigenvalue weighted by Gasteiger charge is -2.02. The van der Waals surface area contributed by atoms with Gasteiger partial charge < -0.3 is 4.42 Å². The third-order valence-electron chi connectivity index (χ3n) is 2.08. The summed E-state index contributed by atoms with van der Waals surface area (Å²) in [6, 6.07) is 3.09. The molecule has 0 aliphatic rings. The minimum atomic E-state index is -0.641. The van der Waals surface area contributed by atoms with Crippen molar-refractivity contribution in [1.29, 1.82) is 0 Å². The van der Waals surface area contributed by atoms with Crippen LogP contribution in [0, 0.1) is 0 Å². The van der Waals surface area contributed by atoms with Crippen LogP contribution in [-0.2, 0) is 6.54 Å². The first-order valence-corrected chi connectivity index (χ1v) is 5.43. The Balaban J connectivity index is 2.31. The van der Waals surface area contributed by atoms with Gasteiger partial charge >= 0.3 is 5.69 Å². The minimum absolute atomic E-state index is 0.166. The number of furan rings is 1. The minimum Gasteiger partial charge on any atom is -0.461 e. The SMILES string of the molecule is O=C(Cn1cc(Br)c(=O)[nH]c1=O)c1ccco1. The molecule has 0 atom stereocenters. The fourth-order valence-corrected chi connectivity index (χ4v) is 1.62. The summed E-state index contributed by atoms with van der Waals surface area (Å²) in [5, 5.41) is 0. The first kappa shape index (κ1) is 11.6. The second kappa shape index (κ2) is 4.54. The van der Waals surface area contributed by atoms with Gasteiger partial charge in [-0.2, -0.15) is 0 Å². The molecule has 0 amide bonds. The Morgan fingerprint density at radius 1 is 1.47 bits per heavy atom. The highest BCUT2D eigenvalue weighted by molar-refractivity contribution is 9.10. The van der Waals surface area contributed by atoms with Crippen molar-refractivity contribution in [2.24, 2.45) is 0 Å². The summed E-state index contributed by atoms with van der Waals surface area (Å²) in [4.78, 5) is 36.2. The maximum Gasteiger partial charge on any atom is 0.328 e. The van der Waals surface area contributed by atoms with Crippen LogP contribution in [0.25, 0.3) is 0 Å². The quantitative estimate of drug-likeness (QED) is 0.849. The number of hydrogen-bond donors (Lipinski definition) is 1. The molecule has 0 saturated carbocycles. The van der Waals surface area contributed by atoms with Crippen molar-refractivity contribution in [2.75, 3.05) is 0 Å². The number of hydrogen-bond acceptors (Lipinski definition) is 4. The zero-order valence-electron chi connectivity index (χ0n) is 8.47. The molecule has 0 bridgehead atoms. The molecule has 88 valence electrons. The average molecular weight is 299 g/mol. The van der Waals surface area contributed by atoms with Crippen LogP contribution in [0.4, 0.5) is 0 Å². The van der Waals surface area contributed by atoms with Crippen LogP contribution in [0.5, 0.6) is 0 Å². The molecule has 2 aromatic heterocycles. The molecule has 0 aliphatic carbocycles. The van der Waals surface area contributed by atoms with Crippen LogP contribution in [-0.4, -0.2) is 15.3 Å². The van der Waals surface area contributed by atoms with E-state index in [4.69, 9.17) is 4.42 Å². The molecule has 0 spiro atoms.